The van der Waals surface area contributed by atoms with E-state index in [0.717, 1.165) is 82.1 Å². The highest BCUT2D eigenvalue weighted by molar-refractivity contribution is 6.06. The summed E-state index contributed by atoms with van der Waals surface area (Å²) in [6.45, 7) is 24.5. The van der Waals surface area contributed by atoms with E-state index in [0.29, 0.717) is 111 Å². The van der Waals surface area contributed by atoms with Gasteiger partial charge in [0.25, 0.3) is 17.7 Å². The first-order valence-electron chi connectivity index (χ1n) is 51.4. The number of aromatic carboxylic acids is 1. The van der Waals surface area contributed by atoms with Crippen LogP contribution in [0.15, 0.2) is 97.1 Å². The first-order chi connectivity index (χ1) is 71.0. The number of esters is 2. The second kappa shape index (κ2) is 50.3. The summed E-state index contributed by atoms with van der Waals surface area (Å²) in [6, 6.07) is 24.3. The number of aromatic amines is 4. The van der Waals surface area contributed by atoms with Gasteiger partial charge in [0.1, 0.15) is 111 Å². The zero-order valence-corrected chi connectivity index (χ0v) is 89.0. The van der Waals surface area contributed by atoms with Crippen LogP contribution in [0.2, 0.25) is 0 Å². The topological polar surface area (TPSA) is 551 Å². The summed E-state index contributed by atoms with van der Waals surface area (Å²) < 4.78 is 55.4. The van der Waals surface area contributed by atoms with Crippen molar-refractivity contribution in [1.82, 2.24) is 61.2 Å². The summed E-state index contributed by atoms with van der Waals surface area (Å²) in [7, 11) is 8.80. The average molecular weight is 2080 g/mol. The van der Waals surface area contributed by atoms with Gasteiger partial charge in [0.05, 0.1) is 102 Å². The molecule has 4 aromatic heterocycles. The summed E-state index contributed by atoms with van der Waals surface area (Å²) in [5.74, 6) is -3.34. The summed E-state index contributed by atoms with van der Waals surface area (Å²) in [4.78, 5) is 206. The summed E-state index contributed by atoms with van der Waals surface area (Å²) in [5, 5.41) is 35.7. The quantitative estimate of drug-likeness (QED) is 0.0180. The number of nitrogens with zero attached hydrogens (tertiary/aromatic N) is 4. The number of fused-ring (bicyclic) bond motifs is 4. The molecular weight excluding hydrogens is 1930 g/mol. The molecule has 4 saturated carbocycles. The molecule has 0 bridgehead atoms. The lowest BCUT2D eigenvalue weighted by atomic mass is 9.96. The van der Waals surface area contributed by atoms with E-state index in [-0.39, 0.29) is 151 Å². The Morgan fingerprint density at radius 1 is 0.400 bits per heavy atom. The van der Waals surface area contributed by atoms with Crippen molar-refractivity contribution >= 4 is 132 Å². The standard InChI is InChI=1S/C28H37N3O7.C27H36N4O6.C27H34N4O5.C18H30N2O5.C10H9NO3/c1-28(2,3)38-17-13-22(25(33)30-21(27(35)37-5)12-16-8-6-10-23(16)32)31(15-17)26(34)20-14-18-19(29-20)9-7-11-24(18)36-4;1-27(2,3)37-16-12-21(25(34)30-19(24(28)33)11-15-7-5-9-22(15)32)31(14-16)26(35)20-13-17-18(29-20)8-6-10-23(17)36-4;1-27(2,3)36-18-12-22(25(33)29-17(14-28)11-16-7-5-9-23(16)32)31(15-18)26(34)21-13-19-20(30-21)8-6-10-24(19)35-4;1-18(2,3)25-12-9-13(19-10-12)16(22)20-14(17(23)24-4)8-11-6-5-7-15(11)21;1-14-9-4-2-3-7-6(9)5-8(11-7)10(12)13/h7,9,11,14,16-17,21-22,29H,6,8,10,12-13,15H2,1-5H3,(H,30,33);6,8,10,13,15-16,19,21,29H,5,7,9,11-12,14H2,1-4H3,(H2,28,33)(H,30,34);6,8,10,13,16-18,22,30H,5,7,9,11-12,15H2,1-4H3,(H,29,33);11-14,19H,5-10H2,1-4H3,(H,20,22);2-5,11H,1H3,(H,12,13)/t16-,17+,21-,22-;15-,16+,19-,21-;16-,17-,18+,22-;11-,12+,13-,14-;/m0000./s1. The summed E-state index contributed by atoms with van der Waals surface area (Å²) in [5.41, 5.74) is 8.07. The second-order valence-corrected chi connectivity index (χ2v) is 43.4. The van der Waals surface area contributed by atoms with Crippen LogP contribution in [0.5, 0.6) is 23.0 Å². The molecule has 812 valence electrons. The number of carbonyl (C=O) groups is 15. The van der Waals surface area contributed by atoms with E-state index in [2.05, 4.69) is 52.6 Å². The summed E-state index contributed by atoms with van der Waals surface area (Å²) >= 11 is 0. The molecule has 4 aromatic carbocycles. The zero-order chi connectivity index (χ0) is 109. The van der Waals surface area contributed by atoms with Crippen LogP contribution >= 0.6 is 0 Å². The normalized spacial score (nSPS) is 22.5. The number of likely N-dealkylation sites (tertiary alicyclic amines) is 3. The molecule has 8 amide bonds. The van der Waals surface area contributed by atoms with Crippen LogP contribution in [0.1, 0.15) is 253 Å². The largest absolute Gasteiger partial charge is 0.496 e. The molecule has 8 aromatic rings. The minimum Gasteiger partial charge on any atom is -0.496 e. The first kappa shape index (κ1) is 115. The van der Waals surface area contributed by atoms with Crippen molar-refractivity contribution in [2.75, 3.05) is 68.8 Å². The Morgan fingerprint density at radius 2 is 0.687 bits per heavy atom. The third kappa shape index (κ3) is 30.2. The number of nitriles is 1. The van der Waals surface area contributed by atoms with Crippen molar-refractivity contribution in [2.45, 2.75) is 307 Å². The molecule has 16 rings (SSSR count). The van der Waals surface area contributed by atoms with Crippen molar-refractivity contribution < 1.29 is 124 Å². The Bertz CT molecular complexity index is 6280. The number of carboxylic acid groups (broad SMARTS) is 1. The number of rotatable bonds is 31. The van der Waals surface area contributed by atoms with Gasteiger partial charge in [-0.3, -0.25) is 57.5 Å². The fraction of sp³-hybridized carbons (Fsp3) is 0.564. The molecule has 40 heteroatoms. The minimum absolute atomic E-state index is 0.0382. The van der Waals surface area contributed by atoms with E-state index in [1.54, 1.807) is 58.8 Å². The smallest absolute Gasteiger partial charge is 0.352 e. The SMILES string of the molecule is COC(=O)[C@H](C[C@@H]1CCCC1=O)NC(=O)[C@@H]1C[C@@H](OC(C)(C)C)CN1.COC(=O)[C@H](C[C@@H]1CCCC1=O)NC(=O)[C@@H]1C[C@@H](OC(C)(C)C)CN1C(=O)c1cc2c(OC)cccc2[nH]1.COc1cccc2[nH]c(C(=O)N3C[C@H](OC(C)(C)C)C[C@H]3C(=O)N[C@@H](C[C@@H]3CCCC3=O)C(N)=O)cc12.COc1cccc2[nH]c(C(=O)N3C[C@H](OC(C)(C)C)C[C@H]3C(=O)N[C@H](C#N)C[C@@H]3CCCC3=O)cc12.COc1cccc2[nH]c(C(=O)O)cc12. The molecule has 4 aliphatic carbocycles. The lowest BCUT2D eigenvalue weighted by Crippen LogP contribution is -2.53. The molecular formula is C110H146N14O26. The minimum atomic E-state index is -0.989. The first-order valence-corrected chi connectivity index (χ1v) is 51.4. The molecule has 4 aliphatic heterocycles. The number of ketones is 4. The number of carboxylic acids is 1. The van der Waals surface area contributed by atoms with Gasteiger partial charge in [-0.2, -0.15) is 5.26 Å². The summed E-state index contributed by atoms with van der Waals surface area (Å²) in [6.07, 6.45) is 9.40. The van der Waals surface area contributed by atoms with Gasteiger partial charge in [0.15, 0.2) is 0 Å². The number of carbonyl (C=O) groups excluding carboxylic acids is 14. The maximum absolute atomic E-state index is 13.7. The van der Waals surface area contributed by atoms with Crippen LogP contribution in [0, 0.1) is 35.0 Å². The van der Waals surface area contributed by atoms with Crippen LogP contribution in [-0.4, -0.2) is 292 Å². The van der Waals surface area contributed by atoms with Gasteiger partial charge >= 0.3 is 17.9 Å². The van der Waals surface area contributed by atoms with Crippen molar-refractivity contribution in [1.29, 1.82) is 5.26 Å². The number of nitrogens with two attached hydrogens (primary N) is 1. The fourth-order valence-corrected chi connectivity index (χ4v) is 21.1. The Kier molecular flexibility index (Phi) is 38.6. The van der Waals surface area contributed by atoms with Gasteiger partial charge in [-0.1, -0.05) is 24.3 Å². The maximum Gasteiger partial charge on any atom is 0.352 e. The maximum atomic E-state index is 13.7. The van der Waals surface area contributed by atoms with Crippen molar-refractivity contribution in [3.63, 3.8) is 0 Å². The highest BCUT2D eigenvalue weighted by Gasteiger charge is 2.49. The van der Waals surface area contributed by atoms with Gasteiger partial charge in [0.2, 0.25) is 29.5 Å². The molecule has 150 heavy (non-hydrogen) atoms. The second-order valence-electron chi connectivity index (χ2n) is 43.4. The molecule has 12 N–H and O–H groups in total. The Hall–Kier alpha value is -13.6. The van der Waals surface area contributed by atoms with Crippen LogP contribution in [0.3, 0.4) is 0 Å². The number of nitrogens with one attached hydrogen (secondary N) is 9. The van der Waals surface area contributed by atoms with Gasteiger partial charge in [0, 0.05) is 138 Å². The third-order valence-corrected chi connectivity index (χ3v) is 27.8. The zero-order valence-electron chi connectivity index (χ0n) is 89.0. The number of Topliss-reactive ketones (excluding diaryl/α,β-unsaturated/α-hetero) is 4. The molecule has 0 unspecified atom stereocenters. The predicted octanol–water partition coefficient (Wildman–Crippen LogP) is 11.5. The molecule has 40 nitrogen and oxygen atoms in total. The van der Waals surface area contributed by atoms with E-state index in [1.807, 2.05) is 150 Å². The lowest BCUT2D eigenvalue weighted by Gasteiger charge is -2.26. The Balaban J connectivity index is 0.000000171. The van der Waals surface area contributed by atoms with Crippen LogP contribution in [0.25, 0.3) is 43.6 Å². The molecule has 8 heterocycles. The van der Waals surface area contributed by atoms with E-state index < -0.39 is 107 Å². The Morgan fingerprint density at radius 3 is 0.973 bits per heavy atom. The van der Waals surface area contributed by atoms with Gasteiger partial charge < -0.3 is 119 Å². The molecule has 4 saturated heterocycles. The van der Waals surface area contributed by atoms with E-state index in [4.69, 9.17) is 58.2 Å². The van der Waals surface area contributed by atoms with E-state index >= 15 is 0 Å². The van der Waals surface area contributed by atoms with Crippen LogP contribution in [-0.2, 0) is 81.2 Å². The van der Waals surface area contributed by atoms with Crippen molar-refractivity contribution in [2.24, 2.45) is 29.4 Å². The average Bonchev–Trinajstić information content (AvgIpc) is 1.63. The number of H-pyrrole nitrogens is 4. The van der Waals surface area contributed by atoms with Crippen LogP contribution < -0.4 is 51.3 Å². The number of amides is 8. The van der Waals surface area contributed by atoms with Crippen molar-refractivity contribution in [3.8, 4) is 29.1 Å². The number of ether oxygens (including phenoxy) is 10. The molecule has 8 aliphatic rings. The third-order valence-electron chi connectivity index (χ3n) is 27.8. The monoisotopic (exact) mass is 2080 g/mol. The predicted molar refractivity (Wildman–Crippen MR) is 554 cm³/mol. The van der Waals surface area contributed by atoms with E-state index in [9.17, 15) is 77.2 Å². The Labute approximate surface area is 872 Å². The molecule has 8 fully saturated rings. The van der Waals surface area contributed by atoms with Gasteiger partial charge in [-0.15, -0.1) is 0 Å². The number of aromatic nitrogens is 4. The lowest BCUT2D eigenvalue weighted by molar-refractivity contribution is -0.146. The van der Waals surface area contributed by atoms with Crippen molar-refractivity contribution in [3.05, 3.63) is 120 Å². The molecule has 0 spiro atoms. The fourth-order valence-electron chi connectivity index (χ4n) is 21.1. The molecule has 16 atom stereocenters. The number of hydrogen-bond donors (Lipinski definition) is 11. The van der Waals surface area contributed by atoms with E-state index in [1.165, 1.54) is 28.9 Å². The number of methoxy groups -OCH3 is 6. The highest BCUT2D eigenvalue weighted by atomic mass is 16.5. The highest BCUT2D eigenvalue weighted by Crippen LogP contribution is 2.39. The number of primary amides is 1. The molecule has 0 radical (unpaired) electrons. The van der Waals surface area contributed by atoms with Crippen LogP contribution in [0.4, 0.5) is 0 Å². The van der Waals surface area contributed by atoms with Gasteiger partial charge in [-0.25, -0.2) is 14.4 Å². The number of hydrogen-bond acceptors (Lipinski definition) is 27. The van der Waals surface area contributed by atoms with Gasteiger partial charge in [-0.05, 0) is 239 Å². The number of benzene rings is 4.